The normalized spacial score (nSPS) is 21.9. The number of hydrogen-bond acceptors (Lipinski definition) is 3. The van der Waals surface area contributed by atoms with E-state index in [1.165, 1.54) is 12.1 Å². The van der Waals surface area contributed by atoms with Crippen molar-refractivity contribution < 1.29 is 18.0 Å². The van der Waals surface area contributed by atoms with E-state index in [1.807, 2.05) is 23.9 Å². The van der Waals surface area contributed by atoms with Crippen molar-refractivity contribution in [3.05, 3.63) is 35.4 Å². The Balaban J connectivity index is 2.16. The average molecular weight is 286 g/mol. The minimum Gasteiger partial charge on any atom is -0.303 e. The topological polar surface area (TPSA) is 23.6 Å². The molecule has 0 N–H and O–H groups in total. The van der Waals surface area contributed by atoms with E-state index in [0.29, 0.717) is 12.1 Å². The number of nitrogens with zero attached hydrogens (tertiary/aromatic N) is 2. The van der Waals surface area contributed by atoms with E-state index in [1.54, 1.807) is 0 Å². The molecule has 1 atom stereocenters. The summed E-state index contributed by atoms with van der Waals surface area (Å²) in [7, 11) is 3.79. The van der Waals surface area contributed by atoms with E-state index in [9.17, 15) is 18.0 Å². The molecule has 6 heteroatoms. The fraction of sp³-hybridized carbons (Fsp3) is 0.500. The molecule has 0 saturated carbocycles. The number of hydrogen-bond donors (Lipinski definition) is 0. The van der Waals surface area contributed by atoms with E-state index < -0.39 is 11.7 Å². The summed E-state index contributed by atoms with van der Waals surface area (Å²) in [6.07, 6.45) is -4.37. The third-order valence-corrected chi connectivity index (χ3v) is 3.65. The molecule has 0 aliphatic carbocycles. The van der Waals surface area contributed by atoms with Gasteiger partial charge in [0.15, 0.2) is 5.78 Å². The second kappa shape index (κ2) is 5.54. The molecule has 3 nitrogen and oxygen atoms in total. The van der Waals surface area contributed by atoms with Gasteiger partial charge in [-0.05, 0) is 26.2 Å². The zero-order chi connectivity index (χ0) is 14.9. The Kier molecular flexibility index (Phi) is 4.15. The molecular formula is C14H17F3N2O. The van der Waals surface area contributed by atoms with Crippen LogP contribution in [0.3, 0.4) is 0 Å². The highest BCUT2D eigenvalue weighted by molar-refractivity contribution is 6.00. The van der Waals surface area contributed by atoms with Gasteiger partial charge in [0.05, 0.1) is 11.6 Å². The number of carbonyl (C=O) groups excluding carboxylic acids is 1. The van der Waals surface area contributed by atoms with Crippen molar-refractivity contribution in [2.75, 3.05) is 33.7 Å². The molecule has 1 aromatic rings. The van der Waals surface area contributed by atoms with Gasteiger partial charge in [-0.1, -0.05) is 12.1 Å². The molecule has 110 valence electrons. The van der Waals surface area contributed by atoms with E-state index in [-0.39, 0.29) is 11.8 Å². The second-order valence-corrected chi connectivity index (χ2v) is 5.20. The van der Waals surface area contributed by atoms with Crippen LogP contribution in [-0.2, 0) is 6.18 Å². The van der Waals surface area contributed by atoms with Crippen LogP contribution in [0.1, 0.15) is 15.9 Å². The summed E-state index contributed by atoms with van der Waals surface area (Å²) in [5.41, 5.74) is -0.409. The molecule has 0 bridgehead atoms. The SMILES string of the molecule is CN1CCN(C)C(C(=O)c2ccc(C(F)(F)F)cc2)C1. The van der Waals surface area contributed by atoms with Gasteiger partial charge in [0.25, 0.3) is 0 Å². The lowest BCUT2D eigenvalue weighted by atomic mass is 10.00. The van der Waals surface area contributed by atoms with Crippen LogP contribution in [0.25, 0.3) is 0 Å². The summed E-state index contributed by atoms with van der Waals surface area (Å²) in [6, 6.07) is 4.13. The van der Waals surface area contributed by atoms with Crippen LogP contribution in [0, 0.1) is 0 Å². The van der Waals surface area contributed by atoms with Crippen LogP contribution in [-0.4, -0.2) is 55.4 Å². The summed E-state index contributed by atoms with van der Waals surface area (Å²) in [5, 5.41) is 0. The van der Waals surface area contributed by atoms with Gasteiger partial charge < -0.3 is 4.90 Å². The van der Waals surface area contributed by atoms with Crippen LogP contribution in [0.2, 0.25) is 0 Å². The van der Waals surface area contributed by atoms with Crippen LogP contribution in [0.5, 0.6) is 0 Å². The summed E-state index contributed by atoms with van der Waals surface area (Å²) in [6.45, 7) is 2.25. The van der Waals surface area contributed by atoms with Crippen LogP contribution >= 0.6 is 0 Å². The van der Waals surface area contributed by atoms with Crippen LogP contribution < -0.4 is 0 Å². The monoisotopic (exact) mass is 286 g/mol. The van der Waals surface area contributed by atoms with Crippen molar-refractivity contribution in [2.45, 2.75) is 12.2 Å². The molecular weight excluding hydrogens is 269 g/mol. The largest absolute Gasteiger partial charge is 0.416 e. The van der Waals surface area contributed by atoms with Crippen molar-refractivity contribution in [3.63, 3.8) is 0 Å². The zero-order valence-electron chi connectivity index (χ0n) is 11.4. The fourth-order valence-corrected chi connectivity index (χ4v) is 2.31. The van der Waals surface area contributed by atoms with E-state index >= 15 is 0 Å². The molecule has 0 amide bonds. The molecule has 20 heavy (non-hydrogen) atoms. The lowest BCUT2D eigenvalue weighted by Gasteiger charge is -2.36. The quantitative estimate of drug-likeness (QED) is 0.778. The lowest BCUT2D eigenvalue weighted by molar-refractivity contribution is -0.137. The number of likely N-dealkylation sites (N-methyl/N-ethyl adjacent to an activating group) is 2. The first-order chi connectivity index (χ1) is 9.29. The predicted octanol–water partition coefficient (Wildman–Crippen LogP) is 2.13. The minimum atomic E-state index is -4.37. The van der Waals surface area contributed by atoms with Crippen molar-refractivity contribution >= 4 is 5.78 Å². The number of rotatable bonds is 2. The van der Waals surface area contributed by atoms with Crippen molar-refractivity contribution in [1.82, 2.24) is 9.80 Å². The first-order valence-electron chi connectivity index (χ1n) is 6.39. The van der Waals surface area contributed by atoms with Crippen LogP contribution in [0.15, 0.2) is 24.3 Å². The predicted molar refractivity (Wildman–Crippen MR) is 69.7 cm³/mol. The second-order valence-electron chi connectivity index (χ2n) is 5.20. The summed E-state index contributed by atoms with van der Waals surface area (Å²) >= 11 is 0. The maximum Gasteiger partial charge on any atom is 0.416 e. The molecule has 1 aliphatic heterocycles. The maximum atomic E-state index is 12.5. The number of alkyl halides is 3. The number of piperazine rings is 1. The Bertz CT molecular complexity index is 484. The van der Waals surface area contributed by atoms with Gasteiger partial charge in [0.1, 0.15) is 0 Å². The number of benzene rings is 1. The number of halogens is 3. The van der Waals surface area contributed by atoms with E-state index in [0.717, 1.165) is 25.2 Å². The summed E-state index contributed by atoms with van der Waals surface area (Å²) in [5.74, 6) is -0.132. The summed E-state index contributed by atoms with van der Waals surface area (Å²) in [4.78, 5) is 16.4. The van der Waals surface area contributed by atoms with Gasteiger partial charge in [-0.25, -0.2) is 0 Å². The van der Waals surface area contributed by atoms with Crippen LogP contribution in [0.4, 0.5) is 13.2 Å². The van der Waals surface area contributed by atoms with E-state index in [4.69, 9.17) is 0 Å². The Morgan fingerprint density at radius 3 is 2.30 bits per heavy atom. The fourth-order valence-electron chi connectivity index (χ4n) is 2.31. The standard InChI is InChI=1S/C14H17F3N2O/c1-18-7-8-19(2)12(9-18)13(20)10-3-5-11(6-4-10)14(15,16)17/h3-6,12H,7-9H2,1-2H3. The molecule has 1 fully saturated rings. The first kappa shape index (κ1) is 15.0. The molecule has 0 radical (unpaired) electrons. The van der Waals surface area contributed by atoms with Gasteiger partial charge in [0.2, 0.25) is 0 Å². The number of ketones is 1. The van der Waals surface area contributed by atoms with Gasteiger partial charge in [-0.15, -0.1) is 0 Å². The molecule has 1 heterocycles. The highest BCUT2D eigenvalue weighted by Crippen LogP contribution is 2.29. The first-order valence-corrected chi connectivity index (χ1v) is 6.39. The van der Waals surface area contributed by atoms with Crippen molar-refractivity contribution in [2.24, 2.45) is 0 Å². The Morgan fingerprint density at radius 1 is 1.15 bits per heavy atom. The van der Waals surface area contributed by atoms with Gasteiger partial charge >= 0.3 is 6.18 Å². The minimum absolute atomic E-state index is 0.132. The molecule has 1 unspecified atom stereocenters. The molecule has 1 aromatic carbocycles. The highest BCUT2D eigenvalue weighted by Gasteiger charge is 2.32. The molecule has 1 saturated heterocycles. The summed E-state index contributed by atoms with van der Waals surface area (Å²) < 4.78 is 37.5. The van der Waals surface area contributed by atoms with Crippen molar-refractivity contribution in [1.29, 1.82) is 0 Å². The zero-order valence-corrected chi connectivity index (χ0v) is 11.4. The lowest BCUT2D eigenvalue weighted by Crippen LogP contribution is -2.53. The third kappa shape index (κ3) is 3.19. The third-order valence-electron chi connectivity index (χ3n) is 3.65. The van der Waals surface area contributed by atoms with Gasteiger partial charge in [-0.2, -0.15) is 13.2 Å². The number of carbonyl (C=O) groups is 1. The molecule has 1 aliphatic rings. The van der Waals surface area contributed by atoms with E-state index in [2.05, 4.69) is 0 Å². The molecule has 0 aromatic heterocycles. The Morgan fingerprint density at radius 2 is 1.75 bits per heavy atom. The average Bonchev–Trinajstić information content (AvgIpc) is 2.40. The van der Waals surface area contributed by atoms with Gasteiger partial charge in [0, 0.05) is 25.2 Å². The molecule has 2 rings (SSSR count). The smallest absolute Gasteiger partial charge is 0.303 e. The highest BCUT2D eigenvalue weighted by atomic mass is 19.4. The maximum absolute atomic E-state index is 12.5. The number of Topliss-reactive ketones (excluding diaryl/α,β-unsaturated/α-hetero) is 1. The van der Waals surface area contributed by atoms with Crippen molar-refractivity contribution in [3.8, 4) is 0 Å². The molecule has 0 spiro atoms. The van der Waals surface area contributed by atoms with Gasteiger partial charge in [-0.3, -0.25) is 9.69 Å². The Labute approximate surface area is 116 Å². The Hall–Kier alpha value is -1.40.